The molecule has 1 rings (SSSR count). The number of hydrogen-bond donors (Lipinski definition) is 0. The van der Waals surface area contributed by atoms with Crippen molar-refractivity contribution in [1.29, 1.82) is 0 Å². The van der Waals surface area contributed by atoms with Gasteiger partial charge in [0.2, 0.25) is 0 Å². The van der Waals surface area contributed by atoms with Gasteiger partial charge in [-0.05, 0) is 0 Å². The summed E-state index contributed by atoms with van der Waals surface area (Å²) in [6.07, 6.45) is 1.10. The zero-order valence-electron chi connectivity index (χ0n) is 8.32. The maximum Gasteiger partial charge on any atom is 0.356 e. The van der Waals surface area contributed by atoms with Crippen LogP contribution >= 0.6 is 0 Å². The van der Waals surface area contributed by atoms with Gasteiger partial charge in [-0.25, -0.2) is 14.2 Å². The molecule has 0 atom stereocenters. The Labute approximate surface area is 85.8 Å². The van der Waals surface area contributed by atoms with Gasteiger partial charge in [0.05, 0.1) is 13.3 Å². The first-order chi connectivity index (χ1) is 7.19. The van der Waals surface area contributed by atoms with Crippen LogP contribution in [0.4, 0.5) is 4.39 Å². The molecule has 15 heavy (non-hydrogen) atoms. The third-order valence-corrected chi connectivity index (χ3v) is 1.55. The van der Waals surface area contributed by atoms with Crippen LogP contribution < -0.4 is 4.74 Å². The van der Waals surface area contributed by atoms with Crippen molar-refractivity contribution in [2.75, 3.05) is 21.0 Å². The average Bonchev–Trinajstić information content (AvgIpc) is 2.26. The van der Waals surface area contributed by atoms with Crippen LogP contribution in [-0.4, -0.2) is 32.0 Å². The number of hydrogen-bond acceptors (Lipinski definition) is 5. The molecule has 0 N–H and O–H groups in total. The van der Waals surface area contributed by atoms with Gasteiger partial charge in [-0.15, -0.1) is 0 Å². The number of pyridine rings is 1. The van der Waals surface area contributed by atoms with Gasteiger partial charge in [-0.2, -0.15) is 0 Å². The Bertz CT molecular complexity index is 356. The van der Waals surface area contributed by atoms with E-state index in [4.69, 9.17) is 4.74 Å². The van der Waals surface area contributed by atoms with Gasteiger partial charge in [0.15, 0.2) is 24.1 Å². The van der Waals surface area contributed by atoms with Gasteiger partial charge >= 0.3 is 5.97 Å². The fourth-order valence-corrected chi connectivity index (χ4v) is 0.863. The van der Waals surface area contributed by atoms with Gasteiger partial charge in [-0.1, -0.05) is 0 Å². The molecular weight excluding hydrogens is 205 g/mol. The highest BCUT2D eigenvalue weighted by atomic mass is 19.1. The van der Waals surface area contributed by atoms with Gasteiger partial charge in [-0.3, -0.25) is 0 Å². The number of halogens is 1. The normalized spacial score (nSPS) is 9.80. The topological polar surface area (TPSA) is 57.7 Å². The number of methoxy groups -OCH3 is 2. The van der Waals surface area contributed by atoms with Crippen LogP contribution in [0.3, 0.4) is 0 Å². The molecule has 0 aliphatic heterocycles. The van der Waals surface area contributed by atoms with Crippen LogP contribution in [-0.2, 0) is 9.47 Å². The number of carbonyl (C=O) groups excluding carboxylic acids is 1. The molecule has 0 fully saturated rings. The Morgan fingerprint density at radius 3 is 2.80 bits per heavy atom. The van der Waals surface area contributed by atoms with Crippen LogP contribution in [0.25, 0.3) is 0 Å². The van der Waals surface area contributed by atoms with Gasteiger partial charge in [0.25, 0.3) is 0 Å². The molecule has 1 aromatic heterocycles. The van der Waals surface area contributed by atoms with Crippen molar-refractivity contribution < 1.29 is 23.4 Å². The molecular formula is C9H10FNO4. The van der Waals surface area contributed by atoms with Crippen molar-refractivity contribution in [2.45, 2.75) is 0 Å². The van der Waals surface area contributed by atoms with E-state index in [2.05, 4.69) is 14.5 Å². The molecule has 0 amide bonds. The number of nitrogens with zero attached hydrogens (tertiary/aromatic N) is 1. The molecule has 0 saturated carbocycles. The summed E-state index contributed by atoms with van der Waals surface area (Å²) in [4.78, 5) is 14.6. The van der Waals surface area contributed by atoms with Crippen molar-refractivity contribution in [2.24, 2.45) is 0 Å². The smallest absolute Gasteiger partial charge is 0.356 e. The van der Waals surface area contributed by atoms with Crippen molar-refractivity contribution in [3.63, 3.8) is 0 Å². The molecule has 0 bridgehead atoms. The van der Waals surface area contributed by atoms with E-state index >= 15 is 0 Å². The first kappa shape index (κ1) is 11.4. The van der Waals surface area contributed by atoms with Crippen molar-refractivity contribution in [3.05, 3.63) is 23.8 Å². The molecule has 0 radical (unpaired) electrons. The number of carbonyl (C=O) groups is 1. The zero-order valence-corrected chi connectivity index (χ0v) is 8.32. The van der Waals surface area contributed by atoms with E-state index in [0.29, 0.717) is 0 Å². The summed E-state index contributed by atoms with van der Waals surface area (Å²) in [6, 6.07) is 0.941. The molecule has 1 aromatic rings. The lowest BCUT2D eigenvalue weighted by atomic mass is 10.3. The van der Waals surface area contributed by atoms with Crippen LogP contribution in [0.15, 0.2) is 12.3 Å². The van der Waals surface area contributed by atoms with Gasteiger partial charge in [0, 0.05) is 13.2 Å². The molecule has 0 aliphatic carbocycles. The minimum atomic E-state index is -0.702. The first-order valence-electron chi connectivity index (χ1n) is 4.04. The average molecular weight is 215 g/mol. The Hall–Kier alpha value is -1.69. The minimum absolute atomic E-state index is 0.0792. The fraction of sp³-hybridized carbons (Fsp3) is 0.333. The standard InChI is InChI=1S/C9H10FNO4/c1-13-5-15-8-4-11-7(3-6(8)10)9(12)14-2/h3-4H,5H2,1-2H3. The second-order valence-electron chi connectivity index (χ2n) is 2.54. The Balaban J connectivity index is 2.83. The van der Waals surface area contributed by atoms with E-state index in [0.717, 1.165) is 12.3 Å². The van der Waals surface area contributed by atoms with Crippen molar-refractivity contribution >= 4 is 5.97 Å². The van der Waals surface area contributed by atoms with E-state index < -0.39 is 11.8 Å². The summed E-state index contributed by atoms with van der Waals surface area (Å²) in [7, 11) is 2.60. The Kier molecular flexibility index (Phi) is 3.99. The summed E-state index contributed by atoms with van der Waals surface area (Å²) in [5.74, 6) is -1.47. The fourth-order valence-electron chi connectivity index (χ4n) is 0.863. The van der Waals surface area contributed by atoms with Gasteiger partial charge in [0.1, 0.15) is 0 Å². The van der Waals surface area contributed by atoms with E-state index in [9.17, 15) is 9.18 Å². The molecule has 0 spiro atoms. The number of rotatable bonds is 4. The predicted octanol–water partition coefficient (Wildman–Crippen LogP) is 0.990. The monoisotopic (exact) mass is 215 g/mol. The summed E-state index contributed by atoms with van der Waals surface area (Å²) in [5, 5.41) is 0. The minimum Gasteiger partial charge on any atom is -0.464 e. The molecule has 0 aliphatic rings. The summed E-state index contributed by atoms with van der Waals surface area (Å²) in [5.41, 5.74) is -0.111. The van der Waals surface area contributed by atoms with Crippen LogP contribution in [0.5, 0.6) is 5.75 Å². The predicted molar refractivity (Wildman–Crippen MR) is 48.0 cm³/mol. The summed E-state index contributed by atoms with van der Waals surface area (Å²) < 4.78 is 27.1. The second kappa shape index (κ2) is 5.26. The van der Waals surface area contributed by atoms with Crippen molar-refractivity contribution in [3.8, 4) is 5.75 Å². The van der Waals surface area contributed by atoms with Crippen LogP contribution in [0.2, 0.25) is 0 Å². The molecule has 0 saturated heterocycles. The zero-order chi connectivity index (χ0) is 11.3. The quantitative estimate of drug-likeness (QED) is 0.553. The number of esters is 1. The first-order valence-corrected chi connectivity index (χ1v) is 4.04. The summed E-state index contributed by atoms with van der Waals surface area (Å²) >= 11 is 0. The molecule has 6 heteroatoms. The van der Waals surface area contributed by atoms with E-state index in [1.807, 2.05) is 0 Å². The lowest BCUT2D eigenvalue weighted by Gasteiger charge is -2.05. The summed E-state index contributed by atoms with van der Waals surface area (Å²) in [6.45, 7) is -0.0871. The maximum absolute atomic E-state index is 13.2. The Morgan fingerprint density at radius 2 is 2.27 bits per heavy atom. The van der Waals surface area contributed by atoms with Crippen LogP contribution in [0, 0.1) is 5.82 Å². The maximum atomic E-state index is 13.2. The third kappa shape index (κ3) is 2.88. The lowest BCUT2D eigenvalue weighted by molar-refractivity contribution is 0.0477. The SMILES string of the molecule is COCOc1cnc(C(=O)OC)cc1F. The molecule has 1 heterocycles. The second-order valence-corrected chi connectivity index (χ2v) is 2.54. The third-order valence-electron chi connectivity index (χ3n) is 1.55. The van der Waals surface area contributed by atoms with Crippen LogP contribution in [0.1, 0.15) is 10.5 Å². The van der Waals surface area contributed by atoms with Crippen molar-refractivity contribution in [1.82, 2.24) is 4.98 Å². The highest BCUT2D eigenvalue weighted by molar-refractivity contribution is 5.87. The molecule has 5 nitrogen and oxygen atoms in total. The lowest BCUT2D eigenvalue weighted by Crippen LogP contribution is -2.07. The largest absolute Gasteiger partial charge is 0.464 e. The van der Waals surface area contributed by atoms with E-state index in [1.54, 1.807) is 0 Å². The molecule has 0 aromatic carbocycles. The molecule has 0 unspecified atom stereocenters. The number of aromatic nitrogens is 1. The Morgan fingerprint density at radius 1 is 1.53 bits per heavy atom. The van der Waals surface area contributed by atoms with E-state index in [1.165, 1.54) is 14.2 Å². The number of ether oxygens (including phenoxy) is 3. The molecule has 82 valence electrons. The highest BCUT2D eigenvalue weighted by Gasteiger charge is 2.11. The highest BCUT2D eigenvalue weighted by Crippen LogP contribution is 2.16. The van der Waals surface area contributed by atoms with Gasteiger partial charge < -0.3 is 14.2 Å². The van der Waals surface area contributed by atoms with E-state index in [-0.39, 0.29) is 18.2 Å².